The van der Waals surface area contributed by atoms with Gasteiger partial charge in [-0.2, -0.15) is 0 Å². The first-order valence-electron chi connectivity index (χ1n) is 7.76. The van der Waals surface area contributed by atoms with Crippen molar-refractivity contribution < 1.29 is 9.53 Å². The molecule has 0 amide bonds. The van der Waals surface area contributed by atoms with E-state index in [0.29, 0.717) is 18.6 Å². The minimum Gasteiger partial charge on any atom is -0.456 e. The van der Waals surface area contributed by atoms with Crippen LogP contribution < -0.4 is 4.74 Å². The number of para-hydroxylation sites is 1. The molecular formula is C20H18O2. The molecule has 0 spiro atoms. The molecule has 2 aromatic rings. The van der Waals surface area contributed by atoms with Crippen LogP contribution in [0.4, 0.5) is 0 Å². The van der Waals surface area contributed by atoms with Crippen LogP contribution in [-0.4, -0.2) is 5.78 Å². The summed E-state index contributed by atoms with van der Waals surface area (Å²) >= 11 is 0. The molecule has 4 rings (SSSR count). The van der Waals surface area contributed by atoms with Crippen molar-refractivity contribution in [3.8, 4) is 11.5 Å². The molecule has 0 unspecified atom stereocenters. The Morgan fingerprint density at radius 3 is 2.50 bits per heavy atom. The number of rotatable bonds is 0. The van der Waals surface area contributed by atoms with E-state index in [1.807, 2.05) is 18.2 Å². The summed E-state index contributed by atoms with van der Waals surface area (Å²) in [4.78, 5) is 12.0. The third-order valence-corrected chi connectivity index (χ3v) is 4.75. The summed E-state index contributed by atoms with van der Waals surface area (Å²) in [5.74, 6) is 2.09. The Morgan fingerprint density at radius 2 is 1.64 bits per heavy atom. The lowest BCUT2D eigenvalue weighted by atomic mass is 9.83. The van der Waals surface area contributed by atoms with Gasteiger partial charge in [-0.1, -0.05) is 18.2 Å². The largest absolute Gasteiger partial charge is 0.456 e. The maximum Gasteiger partial charge on any atom is 0.137 e. The maximum absolute atomic E-state index is 12.0. The molecule has 1 heterocycles. The zero-order valence-corrected chi connectivity index (χ0v) is 12.9. The zero-order valence-electron chi connectivity index (χ0n) is 12.9. The van der Waals surface area contributed by atoms with E-state index in [0.717, 1.165) is 34.6 Å². The van der Waals surface area contributed by atoms with Gasteiger partial charge >= 0.3 is 0 Å². The Labute approximate surface area is 130 Å². The van der Waals surface area contributed by atoms with Gasteiger partial charge < -0.3 is 4.74 Å². The van der Waals surface area contributed by atoms with Gasteiger partial charge in [-0.15, -0.1) is 0 Å². The Balaban J connectivity index is 2.05. The molecule has 110 valence electrons. The number of fused-ring (bicyclic) bond motifs is 4. The number of ether oxygens (including phenoxy) is 1. The molecule has 0 bridgehead atoms. The summed E-state index contributed by atoms with van der Waals surface area (Å²) in [6.07, 6.45) is 1.96. The number of allylic oxidation sites excluding steroid dienone is 2. The van der Waals surface area contributed by atoms with Gasteiger partial charge in [0.2, 0.25) is 0 Å². The summed E-state index contributed by atoms with van der Waals surface area (Å²) in [6, 6.07) is 12.4. The predicted molar refractivity (Wildman–Crippen MR) is 88.1 cm³/mol. The molecule has 0 saturated carbocycles. The van der Waals surface area contributed by atoms with Crippen LogP contribution in [0.15, 0.2) is 36.4 Å². The molecule has 0 saturated heterocycles. The first-order chi connectivity index (χ1) is 10.6. The van der Waals surface area contributed by atoms with Gasteiger partial charge in [0.15, 0.2) is 0 Å². The van der Waals surface area contributed by atoms with Crippen LogP contribution in [0.1, 0.15) is 41.5 Å². The molecule has 0 aromatic heterocycles. The SMILES string of the molecule is Cc1cc2c(cc1C)C1=C(CCC(=O)C1)c1ccccc1O2. The number of hydrogen-bond donors (Lipinski definition) is 0. The van der Waals surface area contributed by atoms with Crippen LogP contribution in [0.3, 0.4) is 0 Å². The van der Waals surface area contributed by atoms with Gasteiger partial charge in [-0.25, -0.2) is 0 Å². The van der Waals surface area contributed by atoms with Crippen molar-refractivity contribution in [3.05, 3.63) is 58.7 Å². The van der Waals surface area contributed by atoms with Crippen molar-refractivity contribution in [2.45, 2.75) is 33.1 Å². The fourth-order valence-corrected chi connectivity index (χ4v) is 3.40. The van der Waals surface area contributed by atoms with E-state index >= 15 is 0 Å². The lowest BCUT2D eigenvalue weighted by Crippen LogP contribution is -2.08. The fraction of sp³-hybridized carbons (Fsp3) is 0.250. The molecule has 0 N–H and O–H groups in total. The number of benzene rings is 2. The van der Waals surface area contributed by atoms with Gasteiger partial charge in [0.25, 0.3) is 0 Å². The van der Waals surface area contributed by atoms with Crippen molar-refractivity contribution >= 4 is 16.9 Å². The lowest BCUT2D eigenvalue weighted by Gasteiger charge is -2.19. The molecule has 1 aliphatic heterocycles. The van der Waals surface area contributed by atoms with E-state index in [1.54, 1.807) is 0 Å². The third-order valence-electron chi connectivity index (χ3n) is 4.75. The Bertz CT molecular complexity index is 828. The topological polar surface area (TPSA) is 26.3 Å². The van der Waals surface area contributed by atoms with E-state index in [-0.39, 0.29) is 0 Å². The van der Waals surface area contributed by atoms with Crippen LogP contribution in [-0.2, 0) is 4.79 Å². The highest BCUT2D eigenvalue weighted by Crippen LogP contribution is 2.47. The lowest BCUT2D eigenvalue weighted by molar-refractivity contribution is -0.118. The number of hydrogen-bond acceptors (Lipinski definition) is 2. The second kappa shape index (κ2) is 4.84. The standard InChI is InChI=1S/C20H18O2/c1-12-9-18-17-11-14(21)7-8-15(17)16-5-3-4-6-19(16)22-20(18)10-13(12)2/h3-6,9-10H,7-8,11H2,1-2H3. The number of ketones is 1. The van der Waals surface area contributed by atoms with Crippen molar-refractivity contribution in [1.82, 2.24) is 0 Å². The second-order valence-electron chi connectivity index (χ2n) is 6.20. The van der Waals surface area contributed by atoms with Crippen LogP contribution >= 0.6 is 0 Å². The average molecular weight is 290 g/mol. The Kier molecular flexibility index (Phi) is 2.93. The van der Waals surface area contributed by atoms with Crippen molar-refractivity contribution in [3.63, 3.8) is 0 Å². The summed E-state index contributed by atoms with van der Waals surface area (Å²) in [5, 5.41) is 0. The van der Waals surface area contributed by atoms with Crippen molar-refractivity contribution in [1.29, 1.82) is 0 Å². The molecular weight excluding hydrogens is 272 g/mol. The monoisotopic (exact) mass is 290 g/mol. The minimum absolute atomic E-state index is 0.322. The molecule has 22 heavy (non-hydrogen) atoms. The number of aryl methyl sites for hydroxylation is 2. The minimum atomic E-state index is 0.322. The Hall–Kier alpha value is -2.35. The van der Waals surface area contributed by atoms with Crippen molar-refractivity contribution in [2.75, 3.05) is 0 Å². The van der Waals surface area contributed by atoms with Crippen LogP contribution in [0.2, 0.25) is 0 Å². The van der Waals surface area contributed by atoms with Crippen LogP contribution in [0, 0.1) is 13.8 Å². The highest BCUT2D eigenvalue weighted by atomic mass is 16.5. The van der Waals surface area contributed by atoms with Crippen LogP contribution in [0.25, 0.3) is 11.1 Å². The first-order valence-corrected chi connectivity index (χ1v) is 7.76. The molecule has 0 atom stereocenters. The van der Waals surface area contributed by atoms with Crippen LogP contribution in [0.5, 0.6) is 11.5 Å². The predicted octanol–water partition coefficient (Wildman–Crippen LogP) is 5.07. The summed E-state index contributed by atoms with van der Waals surface area (Å²) < 4.78 is 6.21. The molecule has 2 aromatic carbocycles. The third kappa shape index (κ3) is 1.98. The number of carbonyl (C=O) groups excluding carboxylic acids is 1. The summed E-state index contributed by atoms with van der Waals surface area (Å²) in [7, 11) is 0. The number of Topliss-reactive ketones (excluding diaryl/α,β-unsaturated/α-hetero) is 1. The highest BCUT2D eigenvalue weighted by Gasteiger charge is 2.28. The van der Waals surface area contributed by atoms with Gasteiger partial charge in [0, 0.05) is 24.0 Å². The highest BCUT2D eigenvalue weighted by molar-refractivity contribution is 6.06. The van der Waals surface area contributed by atoms with Gasteiger partial charge in [0.1, 0.15) is 17.3 Å². The molecule has 2 nitrogen and oxygen atoms in total. The smallest absolute Gasteiger partial charge is 0.137 e. The molecule has 2 heteroatoms. The average Bonchev–Trinajstić information content (AvgIpc) is 2.63. The van der Waals surface area contributed by atoms with E-state index < -0.39 is 0 Å². The van der Waals surface area contributed by atoms with E-state index in [2.05, 4.69) is 32.0 Å². The van der Waals surface area contributed by atoms with E-state index in [4.69, 9.17) is 4.74 Å². The van der Waals surface area contributed by atoms with E-state index in [9.17, 15) is 4.79 Å². The molecule has 1 aliphatic carbocycles. The number of carbonyl (C=O) groups is 1. The quantitative estimate of drug-likeness (QED) is 0.677. The molecule has 0 fully saturated rings. The molecule has 0 radical (unpaired) electrons. The van der Waals surface area contributed by atoms with Crippen molar-refractivity contribution in [2.24, 2.45) is 0 Å². The van der Waals surface area contributed by atoms with E-state index in [1.165, 1.54) is 16.7 Å². The summed E-state index contributed by atoms with van der Waals surface area (Å²) in [6.45, 7) is 4.20. The fourth-order valence-electron chi connectivity index (χ4n) is 3.40. The van der Waals surface area contributed by atoms with Gasteiger partial charge in [-0.05, 0) is 60.7 Å². The molecule has 2 aliphatic rings. The van der Waals surface area contributed by atoms with Gasteiger partial charge in [0.05, 0.1) is 0 Å². The normalized spacial score (nSPS) is 16.4. The maximum atomic E-state index is 12.0. The second-order valence-corrected chi connectivity index (χ2v) is 6.20. The first kappa shape index (κ1) is 13.3. The Morgan fingerprint density at radius 1 is 0.864 bits per heavy atom. The zero-order chi connectivity index (χ0) is 15.3. The summed E-state index contributed by atoms with van der Waals surface area (Å²) in [5.41, 5.74) is 7.09. The van der Waals surface area contributed by atoms with Gasteiger partial charge in [-0.3, -0.25) is 4.79 Å².